The third kappa shape index (κ3) is 9.02. The molecule has 35 heavy (non-hydrogen) atoms. The van der Waals surface area contributed by atoms with Gasteiger partial charge < -0.3 is 9.84 Å². The van der Waals surface area contributed by atoms with Gasteiger partial charge in [-0.3, -0.25) is 10.1 Å². The molecule has 0 spiro atoms. The zero-order valence-corrected chi connectivity index (χ0v) is 22.0. The van der Waals surface area contributed by atoms with Crippen LogP contribution >= 0.6 is 0 Å². The van der Waals surface area contributed by atoms with Crippen LogP contribution in [0.2, 0.25) is 0 Å². The molecule has 1 aliphatic heterocycles. The monoisotopic (exact) mass is 514 g/mol. The summed E-state index contributed by atoms with van der Waals surface area (Å²) in [5, 5.41) is 13.2. The standard InChI is InChI=1S/C23H38N4O7S/c1-15(2)11-19(25-22(30)33-23(4,5)6)34-26-21(29)17-12-16(3)13-27(14-18(17)28)35(31,32)20-9-7-8-10-24-20/h7-10,15-19,28H,11-14H2,1-6H3,(H,25,30)(H,26,29)/t16?,17?,18-,19?/m1/s1. The highest BCUT2D eigenvalue weighted by atomic mass is 32.2. The number of hydrogen-bond donors (Lipinski definition) is 3. The van der Waals surface area contributed by atoms with Gasteiger partial charge >= 0.3 is 6.09 Å². The Morgan fingerprint density at radius 2 is 1.94 bits per heavy atom. The molecule has 1 saturated heterocycles. The highest BCUT2D eigenvalue weighted by Crippen LogP contribution is 2.26. The molecule has 11 nitrogen and oxygen atoms in total. The van der Waals surface area contributed by atoms with E-state index in [1.165, 1.54) is 12.3 Å². The van der Waals surface area contributed by atoms with E-state index in [0.29, 0.717) is 6.42 Å². The van der Waals surface area contributed by atoms with Crippen molar-refractivity contribution in [2.75, 3.05) is 13.1 Å². The molecule has 2 rings (SSSR count). The van der Waals surface area contributed by atoms with E-state index in [-0.39, 0.29) is 36.4 Å². The van der Waals surface area contributed by atoms with Gasteiger partial charge in [0.25, 0.3) is 10.0 Å². The van der Waals surface area contributed by atoms with Crippen LogP contribution in [0.15, 0.2) is 29.4 Å². The maximum absolute atomic E-state index is 13.0. The molecule has 4 atom stereocenters. The number of aliphatic hydroxyl groups is 1. The average molecular weight is 515 g/mol. The van der Waals surface area contributed by atoms with E-state index in [1.807, 2.05) is 20.8 Å². The number of β-amino-alcohol motifs (C(OH)–C–C–N with tert-alkyl or cyclic N) is 1. The predicted octanol–water partition coefficient (Wildman–Crippen LogP) is 2.03. The SMILES string of the molecule is CC(C)CC(NC(=O)OC(C)(C)C)ONC(=O)C1CC(C)CN(S(=O)(=O)c2ccccn2)C[C@H]1O. The zero-order valence-electron chi connectivity index (χ0n) is 21.2. The van der Waals surface area contributed by atoms with Crippen molar-refractivity contribution >= 4 is 22.0 Å². The Morgan fingerprint density at radius 3 is 2.51 bits per heavy atom. The van der Waals surface area contributed by atoms with Gasteiger partial charge in [-0.15, -0.1) is 0 Å². The van der Waals surface area contributed by atoms with Gasteiger partial charge in [-0.2, -0.15) is 4.31 Å². The maximum atomic E-state index is 13.0. The first-order chi connectivity index (χ1) is 16.2. The van der Waals surface area contributed by atoms with Crippen molar-refractivity contribution in [3.05, 3.63) is 24.4 Å². The van der Waals surface area contributed by atoms with Crippen molar-refractivity contribution in [1.82, 2.24) is 20.1 Å². The van der Waals surface area contributed by atoms with Gasteiger partial charge in [-0.25, -0.2) is 28.5 Å². The normalized spacial score (nSPS) is 22.8. The summed E-state index contributed by atoms with van der Waals surface area (Å²) in [5.74, 6) is -1.58. The average Bonchev–Trinajstić information content (AvgIpc) is 2.89. The molecule has 0 saturated carbocycles. The smallest absolute Gasteiger partial charge is 0.409 e. The van der Waals surface area contributed by atoms with Crippen LogP contribution in [-0.2, 0) is 24.4 Å². The fourth-order valence-electron chi connectivity index (χ4n) is 3.74. The van der Waals surface area contributed by atoms with E-state index in [2.05, 4.69) is 15.8 Å². The van der Waals surface area contributed by atoms with Crippen LogP contribution in [0.4, 0.5) is 4.79 Å². The molecule has 1 aromatic rings. The van der Waals surface area contributed by atoms with Gasteiger partial charge in [0.2, 0.25) is 5.91 Å². The Morgan fingerprint density at radius 1 is 1.26 bits per heavy atom. The first-order valence-electron chi connectivity index (χ1n) is 11.7. The van der Waals surface area contributed by atoms with E-state index in [4.69, 9.17) is 9.57 Å². The van der Waals surface area contributed by atoms with Crippen LogP contribution in [0.25, 0.3) is 0 Å². The number of hydrogen-bond acceptors (Lipinski definition) is 8. The number of nitrogens with zero attached hydrogens (tertiary/aromatic N) is 2. The number of sulfonamides is 1. The summed E-state index contributed by atoms with van der Waals surface area (Å²) in [6, 6.07) is 4.58. The number of carbonyl (C=O) groups excluding carboxylic acids is 2. The number of aromatic nitrogens is 1. The van der Waals surface area contributed by atoms with Crippen molar-refractivity contribution < 1.29 is 32.7 Å². The molecule has 1 fully saturated rings. The topological polar surface area (TPSA) is 147 Å². The Kier molecular flexibility index (Phi) is 10.0. The molecule has 0 aromatic carbocycles. The van der Waals surface area contributed by atoms with Gasteiger partial charge in [0.1, 0.15) is 5.60 Å². The van der Waals surface area contributed by atoms with Gasteiger partial charge in [-0.1, -0.05) is 26.8 Å². The summed E-state index contributed by atoms with van der Waals surface area (Å²) in [6.07, 6.45) is -0.759. The third-order valence-corrected chi connectivity index (χ3v) is 7.02. The molecular weight excluding hydrogens is 476 g/mol. The minimum Gasteiger partial charge on any atom is -0.444 e. The first kappa shape index (κ1) is 29.0. The third-order valence-electron chi connectivity index (χ3n) is 5.27. The summed E-state index contributed by atoms with van der Waals surface area (Å²) in [5.41, 5.74) is 1.64. The molecule has 198 valence electrons. The Hall–Kier alpha value is -2.28. The first-order valence-corrected chi connectivity index (χ1v) is 13.2. The highest BCUT2D eigenvalue weighted by Gasteiger charge is 2.39. The van der Waals surface area contributed by atoms with Crippen molar-refractivity contribution in [3.8, 4) is 0 Å². The molecule has 1 aromatic heterocycles. The van der Waals surface area contributed by atoms with Crippen LogP contribution in [0.3, 0.4) is 0 Å². The number of aliphatic hydroxyl groups excluding tert-OH is 1. The van der Waals surface area contributed by atoms with Gasteiger partial charge in [-0.05, 0) is 57.6 Å². The van der Waals surface area contributed by atoms with Crippen molar-refractivity contribution in [2.45, 2.75) is 77.3 Å². The summed E-state index contributed by atoms with van der Waals surface area (Å²) < 4.78 is 32.4. The number of carbonyl (C=O) groups is 2. The van der Waals surface area contributed by atoms with Gasteiger partial charge in [0, 0.05) is 19.3 Å². The van der Waals surface area contributed by atoms with E-state index < -0.39 is 45.9 Å². The second-order valence-corrected chi connectivity index (χ2v) is 12.2. The molecule has 0 bridgehead atoms. The minimum absolute atomic E-state index is 0.115. The van der Waals surface area contributed by atoms with E-state index >= 15 is 0 Å². The van der Waals surface area contributed by atoms with Gasteiger partial charge in [0.05, 0.1) is 12.0 Å². The summed E-state index contributed by atoms with van der Waals surface area (Å²) in [7, 11) is -3.93. The molecule has 3 N–H and O–H groups in total. The number of pyridine rings is 1. The Labute approximate surface area is 207 Å². The quantitative estimate of drug-likeness (QED) is 0.353. The van der Waals surface area contributed by atoms with Crippen molar-refractivity contribution in [1.29, 1.82) is 0 Å². The van der Waals surface area contributed by atoms with Crippen LogP contribution in [-0.4, -0.2) is 65.8 Å². The number of hydroxylamine groups is 1. The Bertz CT molecular complexity index is 950. The van der Waals surface area contributed by atoms with Crippen molar-refractivity contribution in [2.24, 2.45) is 17.8 Å². The van der Waals surface area contributed by atoms with Crippen molar-refractivity contribution in [3.63, 3.8) is 0 Å². The second kappa shape index (κ2) is 12.1. The lowest BCUT2D eigenvalue weighted by Gasteiger charge is -2.26. The van der Waals surface area contributed by atoms with E-state index in [1.54, 1.807) is 32.9 Å². The summed E-state index contributed by atoms with van der Waals surface area (Å²) in [6.45, 7) is 10.8. The zero-order chi connectivity index (χ0) is 26.4. The number of alkyl carbamates (subject to hydrolysis) is 1. The van der Waals surface area contributed by atoms with Gasteiger partial charge in [0.15, 0.2) is 11.3 Å². The number of amides is 2. The molecule has 1 aliphatic rings. The van der Waals surface area contributed by atoms with Crippen LogP contribution in [0, 0.1) is 17.8 Å². The van der Waals surface area contributed by atoms with Crippen LogP contribution in [0.1, 0.15) is 54.4 Å². The lowest BCUT2D eigenvalue weighted by Crippen LogP contribution is -2.47. The lowest BCUT2D eigenvalue weighted by atomic mass is 9.92. The van der Waals surface area contributed by atoms with E-state index in [0.717, 1.165) is 4.31 Å². The highest BCUT2D eigenvalue weighted by molar-refractivity contribution is 7.89. The number of rotatable bonds is 8. The van der Waals surface area contributed by atoms with Crippen LogP contribution < -0.4 is 10.8 Å². The number of ether oxygens (including phenoxy) is 1. The fourth-order valence-corrected chi connectivity index (χ4v) is 5.25. The molecule has 0 aliphatic carbocycles. The van der Waals surface area contributed by atoms with Crippen LogP contribution in [0.5, 0.6) is 0 Å². The predicted molar refractivity (Wildman–Crippen MR) is 128 cm³/mol. The minimum atomic E-state index is -3.93. The summed E-state index contributed by atoms with van der Waals surface area (Å²) >= 11 is 0. The Balaban J connectivity index is 2.06. The molecule has 12 heteroatoms. The fraction of sp³-hybridized carbons (Fsp3) is 0.696. The molecule has 3 unspecified atom stereocenters. The van der Waals surface area contributed by atoms with E-state index in [9.17, 15) is 23.1 Å². The molecule has 2 heterocycles. The summed E-state index contributed by atoms with van der Waals surface area (Å²) in [4.78, 5) is 34.5. The lowest BCUT2D eigenvalue weighted by molar-refractivity contribution is -0.149. The number of nitrogens with one attached hydrogen (secondary N) is 2. The molecule has 2 amide bonds. The maximum Gasteiger partial charge on any atom is 0.409 e. The largest absolute Gasteiger partial charge is 0.444 e. The second-order valence-electron chi connectivity index (χ2n) is 10.4. The molecule has 0 radical (unpaired) electrons. The molecular formula is C23H38N4O7S.